The van der Waals surface area contributed by atoms with Crippen LogP contribution < -0.4 is 5.90 Å². The average molecular weight is 284 g/mol. The molecule has 0 aromatic carbocycles. The van der Waals surface area contributed by atoms with Crippen molar-refractivity contribution in [3.05, 3.63) is 0 Å². The maximum absolute atomic E-state index is 9.47. The first kappa shape index (κ1) is 15.7. The fraction of sp³-hybridized carbons (Fsp3) is 0.500. The maximum Gasteiger partial charge on any atom is 0.321 e. The first-order chi connectivity index (χ1) is 2.27. The van der Waals surface area contributed by atoms with Gasteiger partial charge in [0.15, 0.2) is 0 Å². The minimum absolute atomic E-state index is 0. The van der Waals surface area contributed by atoms with Crippen LogP contribution in [0.4, 0.5) is 0 Å². The molecule has 3 nitrogen and oxygen atoms in total. The smallest absolute Gasteiger partial charge is 0.321 e. The standard InChI is InChI=1S/C2H5NO2.Co.Sm/c1-2(4)5-3;;/h3H2,1H3;;. The molecule has 7 heavy (non-hydrogen) atoms. The zero-order valence-corrected chi connectivity index (χ0v) is 7.30. The average Bonchev–Trinajstić information content (AvgIpc) is 1.38. The third-order valence-electron chi connectivity index (χ3n) is 0.166. The van der Waals surface area contributed by atoms with Crippen LogP contribution >= 0.6 is 0 Å². The molecule has 0 bridgehead atoms. The van der Waals surface area contributed by atoms with Crippen LogP contribution in [-0.2, 0) is 26.4 Å². The summed E-state index contributed by atoms with van der Waals surface area (Å²) in [7, 11) is 0. The third-order valence-corrected chi connectivity index (χ3v) is 0.166. The van der Waals surface area contributed by atoms with Crippen molar-refractivity contribution in [3.8, 4) is 0 Å². The second-order valence-electron chi connectivity index (χ2n) is 0.609. The van der Waals surface area contributed by atoms with Crippen molar-refractivity contribution in [3.63, 3.8) is 0 Å². The van der Waals surface area contributed by atoms with Gasteiger partial charge < -0.3 is 4.84 Å². The zero-order chi connectivity index (χ0) is 4.28. The van der Waals surface area contributed by atoms with E-state index in [-0.39, 0.29) is 57.2 Å². The van der Waals surface area contributed by atoms with Gasteiger partial charge >= 0.3 is 5.97 Å². The SMILES string of the molecule is CC(=O)ON.[Co].[Sm]. The van der Waals surface area contributed by atoms with Gasteiger partial charge in [0.1, 0.15) is 0 Å². The fourth-order valence-corrected chi connectivity index (χ4v) is 0. The van der Waals surface area contributed by atoms with E-state index in [0.717, 1.165) is 0 Å². The summed E-state index contributed by atoms with van der Waals surface area (Å²) in [5, 5.41) is 0. The monoisotopic (exact) mass is 286 g/mol. The van der Waals surface area contributed by atoms with Gasteiger partial charge in [0.25, 0.3) is 0 Å². The first-order valence-electron chi connectivity index (χ1n) is 1.14. The van der Waals surface area contributed by atoms with Gasteiger partial charge in [-0.1, -0.05) is 0 Å². The van der Waals surface area contributed by atoms with Gasteiger partial charge in [0.2, 0.25) is 0 Å². The van der Waals surface area contributed by atoms with Crippen LogP contribution in [0, 0.1) is 40.4 Å². The van der Waals surface area contributed by atoms with E-state index < -0.39 is 5.97 Å². The molecule has 1 radical (unpaired) electrons. The molecular formula is C2H5CoNO2Sm. The normalized spacial score (nSPS) is 4.86. The molecule has 5 heteroatoms. The molecule has 0 aliphatic heterocycles. The Morgan fingerprint density at radius 1 is 1.71 bits per heavy atom. The van der Waals surface area contributed by atoms with Gasteiger partial charge in [-0.25, -0.2) is 0 Å². The van der Waals surface area contributed by atoms with E-state index in [1.807, 2.05) is 0 Å². The summed E-state index contributed by atoms with van der Waals surface area (Å²) in [6.45, 7) is 1.24. The molecule has 0 spiro atoms. The number of rotatable bonds is 0. The summed E-state index contributed by atoms with van der Waals surface area (Å²) >= 11 is 0. The Morgan fingerprint density at radius 2 is 1.86 bits per heavy atom. The second-order valence-corrected chi connectivity index (χ2v) is 0.609. The van der Waals surface area contributed by atoms with E-state index in [1.165, 1.54) is 6.92 Å². The summed E-state index contributed by atoms with van der Waals surface area (Å²) in [5.74, 6) is 3.85. The van der Waals surface area contributed by atoms with Gasteiger partial charge in [0, 0.05) is 64.1 Å². The predicted octanol–water partition coefficient (Wildman–Crippen LogP) is -0.579. The summed E-state index contributed by atoms with van der Waals surface area (Å²) in [4.78, 5) is 13.1. The molecular weight excluding hydrogens is 279 g/mol. The fourth-order valence-electron chi connectivity index (χ4n) is 0. The van der Waals surface area contributed by atoms with Crippen LogP contribution in [0.5, 0.6) is 0 Å². The summed E-state index contributed by atoms with van der Waals surface area (Å²) in [5.41, 5.74) is 0. The molecule has 45 valence electrons. The second kappa shape index (κ2) is 10.3. The number of nitrogens with two attached hydrogens (primary N) is 1. The van der Waals surface area contributed by atoms with Gasteiger partial charge in [-0.05, 0) is 0 Å². The van der Waals surface area contributed by atoms with Crippen LogP contribution in [0.2, 0.25) is 0 Å². The molecule has 0 fully saturated rings. The minimum atomic E-state index is -0.468. The van der Waals surface area contributed by atoms with Gasteiger partial charge in [-0.3, -0.25) is 4.79 Å². The molecule has 0 atom stereocenters. The molecule has 0 rings (SSSR count). The minimum Gasteiger partial charge on any atom is -0.374 e. The largest absolute Gasteiger partial charge is 0.374 e. The van der Waals surface area contributed by atoms with Crippen LogP contribution in [0.1, 0.15) is 6.92 Å². The molecule has 0 amide bonds. The molecule has 0 heterocycles. The maximum atomic E-state index is 9.47. The number of carbonyl (C=O) groups excluding carboxylic acids is 1. The van der Waals surface area contributed by atoms with E-state index >= 15 is 0 Å². The van der Waals surface area contributed by atoms with E-state index in [0.29, 0.717) is 0 Å². The Morgan fingerprint density at radius 3 is 1.86 bits per heavy atom. The first-order valence-corrected chi connectivity index (χ1v) is 1.14. The third kappa shape index (κ3) is 18.9. The molecule has 0 aromatic heterocycles. The Labute approximate surface area is 84.6 Å². The number of hydrogen-bond acceptors (Lipinski definition) is 3. The molecule has 0 unspecified atom stereocenters. The molecule has 2 N–H and O–H groups in total. The van der Waals surface area contributed by atoms with Crippen molar-refractivity contribution in [2.24, 2.45) is 5.90 Å². The zero-order valence-electron chi connectivity index (χ0n) is 3.64. The molecule has 0 saturated heterocycles. The van der Waals surface area contributed by atoms with Crippen molar-refractivity contribution < 1.29 is 66.8 Å². The van der Waals surface area contributed by atoms with Crippen molar-refractivity contribution >= 4 is 5.97 Å². The molecule has 0 aliphatic carbocycles. The predicted molar refractivity (Wildman–Crippen MR) is 16.0 cm³/mol. The summed E-state index contributed by atoms with van der Waals surface area (Å²) in [6, 6.07) is 0. The van der Waals surface area contributed by atoms with Crippen LogP contribution in [-0.4, -0.2) is 5.97 Å². The molecule has 0 saturated carbocycles. The Kier molecular flexibility index (Phi) is 23.1. The van der Waals surface area contributed by atoms with Crippen LogP contribution in [0.25, 0.3) is 0 Å². The molecule has 0 aromatic rings. The van der Waals surface area contributed by atoms with Crippen molar-refractivity contribution in [2.75, 3.05) is 0 Å². The van der Waals surface area contributed by atoms with Gasteiger partial charge in [-0.2, -0.15) is 5.90 Å². The van der Waals surface area contributed by atoms with Gasteiger partial charge in [-0.15, -0.1) is 0 Å². The Hall–Kier alpha value is 1.27. The van der Waals surface area contributed by atoms with Crippen molar-refractivity contribution in [1.82, 2.24) is 0 Å². The van der Waals surface area contributed by atoms with Gasteiger partial charge in [0.05, 0.1) is 0 Å². The van der Waals surface area contributed by atoms with E-state index in [1.54, 1.807) is 0 Å². The van der Waals surface area contributed by atoms with E-state index in [2.05, 4.69) is 10.7 Å². The van der Waals surface area contributed by atoms with Crippen molar-refractivity contribution in [1.29, 1.82) is 0 Å². The van der Waals surface area contributed by atoms with Crippen molar-refractivity contribution in [2.45, 2.75) is 6.92 Å². The van der Waals surface area contributed by atoms with Crippen LogP contribution in [0.3, 0.4) is 0 Å². The Bertz CT molecular complexity index is 51.0. The topological polar surface area (TPSA) is 52.3 Å². The summed E-state index contributed by atoms with van der Waals surface area (Å²) in [6.07, 6.45) is 0. The Balaban J connectivity index is -0.0000000800. The summed E-state index contributed by atoms with van der Waals surface area (Å²) < 4.78 is 0. The molecule has 0 aliphatic rings. The number of hydrogen-bond donors (Lipinski definition) is 1. The van der Waals surface area contributed by atoms with E-state index in [4.69, 9.17) is 0 Å². The van der Waals surface area contributed by atoms with E-state index in [9.17, 15) is 4.79 Å². The quantitative estimate of drug-likeness (QED) is 0.606. The van der Waals surface area contributed by atoms with Crippen LogP contribution in [0.15, 0.2) is 0 Å². The number of carbonyl (C=O) groups is 1.